The third kappa shape index (κ3) is 5.27. The number of anilines is 1. The zero-order valence-corrected chi connectivity index (χ0v) is 19.0. The minimum atomic E-state index is 0.0690. The molecule has 0 aromatic carbocycles. The van der Waals surface area contributed by atoms with Crippen LogP contribution in [0.5, 0.6) is 0 Å². The van der Waals surface area contributed by atoms with E-state index in [0.717, 1.165) is 52.3 Å². The van der Waals surface area contributed by atoms with Crippen LogP contribution in [-0.2, 0) is 17.6 Å². The number of thiophene rings is 1. The molecule has 166 valence electrons. The van der Waals surface area contributed by atoms with Gasteiger partial charge in [0.15, 0.2) is 5.82 Å². The smallest absolute Gasteiger partial charge is 0.230 e. The molecule has 4 aromatic rings. The van der Waals surface area contributed by atoms with Crippen molar-refractivity contribution in [1.29, 1.82) is 0 Å². The van der Waals surface area contributed by atoms with Crippen molar-refractivity contribution in [2.75, 3.05) is 18.4 Å². The predicted molar refractivity (Wildman–Crippen MR) is 127 cm³/mol. The van der Waals surface area contributed by atoms with Crippen LogP contribution >= 0.6 is 11.3 Å². The van der Waals surface area contributed by atoms with Crippen molar-refractivity contribution in [3.05, 3.63) is 82.6 Å². The highest BCUT2D eigenvalue weighted by Gasteiger charge is 2.25. The van der Waals surface area contributed by atoms with Crippen LogP contribution in [0.25, 0.3) is 11.5 Å². The molecule has 1 aliphatic rings. The predicted octanol–water partition coefficient (Wildman–Crippen LogP) is 3.04. The molecule has 0 atom stereocenters. The number of nitrogens with zero attached hydrogens (tertiary/aromatic N) is 5. The van der Waals surface area contributed by atoms with Crippen LogP contribution in [0.2, 0.25) is 0 Å². The van der Waals surface area contributed by atoms with Crippen molar-refractivity contribution in [1.82, 2.24) is 30.2 Å². The molecule has 4 aromatic heterocycles. The summed E-state index contributed by atoms with van der Waals surface area (Å²) in [7, 11) is 0. The molecule has 1 aliphatic heterocycles. The lowest BCUT2D eigenvalue weighted by atomic mass is 10.0. The monoisotopic (exact) mass is 457 g/mol. The van der Waals surface area contributed by atoms with Gasteiger partial charge in [-0.05, 0) is 48.2 Å². The zero-order valence-electron chi connectivity index (χ0n) is 18.2. The van der Waals surface area contributed by atoms with E-state index in [9.17, 15) is 4.79 Å². The van der Waals surface area contributed by atoms with Crippen LogP contribution in [-0.4, -0.2) is 43.9 Å². The largest absolute Gasteiger partial charge is 0.317 e. The van der Waals surface area contributed by atoms with Crippen LogP contribution in [0, 0.1) is 12.8 Å². The Morgan fingerprint density at radius 3 is 2.67 bits per heavy atom. The minimum absolute atomic E-state index is 0.0690. The van der Waals surface area contributed by atoms with E-state index in [-0.39, 0.29) is 11.8 Å². The number of hydrogen-bond acceptors (Lipinski definition) is 8. The highest BCUT2D eigenvalue weighted by molar-refractivity contribution is 7.14. The Labute approximate surface area is 195 Å². The standard InChI is InChI=1S/C24H23N7OS/c1-15-3-2-4-20(28-15)23-27-8-6-19(30-23)11-18-5-7-26-21(29-18)9-16-10-22(33-14-16)31-24(32)17-12-25-13-17/h2-8,10,14,17,25H,9,11-13H2,1H3,(H,31,32). The summed E-state index contributed by atoms with van der Waals surface area (Å²) in [6.45, 7) is 3.45. The molecule has 0 saturated carbocycles. The second-order valence-electron chi connectivity index (χ2n) is 8.02. The lowest BCUT2D eigenvalue weighted by Crippen LogP contribution is -2.48. The van der Waals surface area contributed by atoms with Crippen LogP contribution in [0.1, 0.15) is 28.5 Å². The first-order valence-electron chi connectivity index (χ1n) is 10.8. The molecule has 9 heteroatoms. The van der Waals surface area contributed by atoms with E-state index in [1.807, 2.05) is 48.7 Å². The van der Waals surface area contributed by atoms with Gasteiger partial charge in [0.05, 0.1) is 22.3 Å². The maximum Gasteiger partial charge on any atom is 0.230 e. The molecule has 5 rings (SSSR count). The number of aromatic nitrogens is 5. The Bertz CT molecular complexity index is 1290. The van der Waals surface area contributed by atoms with Crippen LogP contribution in [0.15, 0.2) is 54.2 Å². The summed E-state index contributed by atoms with van der Waals surface area (Å²) in [6.07, 6.45) is 4.72. The highest BCUT2D eigenvalue weighted by Crippen LogP contribution is 2.23. The molecule has 0 unspecified atom stereocenters. The van der Waals surface area contributed by atoms with Gasteiger partial charge in [-0.15, -0.1) is 11.3 Å². The lowest BCUT2D eigenvalue weighted by Gasteiger charge is -2.25. The van der Waals surface area contributed by atoms with Crippen molar-refractivity contribution in [2.45, 2.75) is 19.8 Å². The molecule has 2 N–H and O–H groups in total. The van der Waals surface area contributed by atoms with Gasteiger partial charge < -0.3 is 10.6 Å². The van der Waals surface area contributed by atoms with Crippen molar-refractivity contribution >= 4 is 22.2 Å². The number of nitrogens with one attached hydrogen (secondary N) is 2. The molecule has 8 nitrogen and oxygen atoms in total. The number of hydrogen-bond donors (Lipinski definition) is 2. The fourth-order valence-corrected chi connectivity index (χ4v) is 4.32. The van der Waals surface area contributed by atoms with E-state index in [0.29, 0.717) is 18.7 Å². The normalized spacial score (nSPS) is 13.5. The average Bonchev–Trinajstić information content (AvgIpc) is 3.19. The van der Waals surface area contributed by atoms with Gasteiger partial charge >= 0.3 is 0 Å². The molecule has 1 fully saturated rings. The fourth-order valence-electron chi connectivity index (χ4n) is 3.51. The van der Waals surface area contributed by atoms with Gasteiger partial charge in [-0.2, -0.15) is 0 Å². The van der Waals surface area contributed by atoms with Gasteiger partial charge in [-0.1, -0.05) is 6.07 Å². The second-order valence-corrected chi connectivity index (χ2v) is 8.93. The Kier molecular flexibility index (Phi) is 6.14. The topological polar surface area (TPSA) is 106 Å². The SMILES string of the molecule is Cc1cccc(-c2nccc(Cc3ccnc(Cc4csc(NC(=O)C5CNC5)c4)n3)n2)n1. The highest BCUT2D eigenvalue weighted by atomic mass is 32.1. The molecule has 33 heavy (non-hydrogen) atoms. The molecule has 1 saturated heterocycles. The summed E-state index contributed by atoms with van der Waals surface area (Å²) in [5.74, 6) is 1.49. The quantitative estimate of drug-likeness (QED) is 0.439. The first kappa shape index (κ1) is 21.3. The first-order valence-corrected chi connectivity index (χ1v) is 11.7. The van der Waals surface area contributed by atoms with E-state index in [1.54, 1.807) is 12.4 Å². The number of rotatable bonds is 7. The van der Waals surface area contributed by atoms with E-state index in [4.69, 9.17) is 4.98 Å². The van der Waals surface area contributed by atoms with Gasteiger partial charge in [0.1, 0.15) is 11.5 Å². The van der Waals surface area contributed by atoms with Crippen molar-refractivity contribution in [3.63, 3.8) is 0 Å². The summed E-state index contributed by atoms with van der Waals surface area (Å²) >= 11 is 1.53. The minimum Gasteiger partial charge on any atom is -0.317 e. The maximum absolute atomic E-state index is 12.1. The van der Waals surface area contributed by atoms with Gasteiger partial charge in [0, 0.05) is 44.0 Å². The molecule has 0 radical (unpaired) electrons. The molecule has 0 aliphatic carbocycles. The Morgan fingerprint density at radius 2 is 1.88 bits per heavy atom. The summed E-state index contributed by atoms with van der Waals surface area (Å²) in [4.78, 5) is 34.8. The van der Waals surface area contributed by atoms with Gasteiger partial charge in [0.2, 0.25) is 5.91 Å². The fraction of sp³-hybridized carbons (Fsp3) is 0.250. The Balaban J connectivity index is 1.25. The molecule has 0 bridgehead atoms. The third-order valence-electron chi connectivity index (χ3n) is 5.37. The van der Waals surface area contributed by atoms with E-state index < -0.39 is 0 Å². The number of amides is 1. The number of aryl methyl sites for hydroxylation is 1. The Hall–Kier alpha value is -3.56. The van der Waals surface area contributed by atoms with Crippen molar-refractivity contribution in [2.24, 2.45) is 5.92 Å². The molecular formula is C24H23N7OS. The number of carbonyl (C=O) groups excluding carboxylic acids is 1. The molecule has 0 spiro atoms. The maximum atomic E-state index is 12.1. The number of pyridine rings is 1. The lowest BCUT2D eigenvalue weighted by molar-refractivity contribution is -0.121. The second kappa shape index (κ2) is 9.51. The third-order valence-corrected chi connectivity index (χ3v) is 6.27. The summed E-state index contributed by atoms with van der Waals surface area (Å²) < 4.78 is 0. The van der Waals surface area contributed by atoms with E-state index in [2.05, 4.69) is 30.6 Å². The van der Waals surface area contributed by atoms with Gasteiger partial charge in [-0.3, -0.25) is 4.79 Å². The molecule has 5 heterocycles. The Morgan fingerprint density at radius 1 is 1.06 bits per heavy atom. The zero-order chi connectivity index (χ0) is 22.6. The van der Waals surface area contributed by atoms with Crippen molar-refractivity contribution in [3.8, 4) is 11.5 Å². The van der Waals surface area contributed by atoms with E-state index >= 15 is 0 Å². The van der Waals surface area contributed by atoms with Crippen LogP contribution < -0.4 is 10.6 Å². The molecular weight excluding hydrogens is 434 g/mol. The first-order chi connectivity index (χ1) is 16.1. The van der Waals surface area contributed by atoms with Crippen LogP contribution in [0.4, 0.5) is 5.00 Å². The summed E-state index contributed by atoms with van der Waals surface area (Å²) in [6, 6.07) is 11.6. The van der Waals surface area contributed by atoms with Gasteiger partial charge in [-0.25, -0.2) is 24.9 Å². The average molecular weight is 458 g/mol. The van der Waals surface area contributed by atoms with Gasteiger partial charge in [0.25, 0.3) is 0 Å². The molecule has 1 amide bonds. The number of carbonyl (C=O) groups is 1. The summed E-state index contributed by atoms with van der Waals surface area (Å²) in [5, 5.41) is 9.01. The van der Waals surface area contributed by atoms with Crippen molar-refractivity contribution < 1.29 is 4.79 Å². The summed E-state index contributed by atoms with van der Waals surface area (Å²) in [5.41, 5.74) is 4.53. The van der Waals surface area contributed by atoms with Crippen LogP contribution in [0.3, 0.4) is 0 Å². The van der Waals surface area contributed by atoms with E-state index in [1.165, 1.54) is 11.3 Å².